The molecule has 2 unspecified atom stereocenters. The first kappa shape index (κ1) is 19.8. The summed E-state index contributed by atoms with van der Waals surface area (Å²) in [7, 11) is 3.30. The second-order valence-corrected chi connectivity index (χ2v) is 4.77. The molecule has 0 aliphatic carbocycles. The predicted octanol–water partition coefficient (Wildman–Crippen LogP) is 0.432. The fourth-order valence-electron chi connectivity index (χ4n) is 1.58. The van der Waals surface area contributed by atoms with Crippen molar-refractivity contribution in [2.24, 2.45) is 0 Å². The van der Waals surface area contributed by atoms with Gasteiger partial charge in [0.05, 0.1) is 38.6 Å². The summed E-state index contributed by atoms with van der Waals surface area (Å²) >= 11 is 0. The Hall–Kier alpha value is -0.240. The van der Waals surface area contributed by atoms with Gasteiger partial charge in [-0.3, -0.25) is 0 Å². The zero-order valence-electron chi connectivity index (χ0n) is 13.1. The van der Waals surface area contributed by atoms with Gasteiger partial charge in [0.25, 0.3) is 0 Å². The third kappa shape index (κ3) is 14.2. The molecule has 0 aromatic heterocycles. The van der Waals surface area contributed by atoms with E-state index in [0.717, 1.165) is 26.0 Å². The smallest absolute Gasteiger partial charge is 0.0897 e. The Balaban J connectivity index is 3.20. The lowest BCUT2D eigenvalue weighted by Crippen LogP contribution is -2.32. The lowest BCUT2D eigenvalue weighted by Gasteiger charge is -2.16. The fraction of sp³-hybridized carbons (Fsp3) is 1.00. The van der Waals surface area contributed by atoms with Crippen molar-refractivity contribution in [2.45, 2.75) is 32.0 Å². The van der Waals surface area contributed by atoms with Crippen LogP contribution in [0.25, 0.3) is 0 Å². The molecule has 0 amide bonds. The Labute approximate surface area is 122 Å². The van der Waals surface area contributed by atoms with E-state index >= 15 is 0 Å². The average Bonchev–Trinajstić information content (AvgIpc) is 2.43. The third-order valence-corrected chi connectivity index (χ3v) is 2.68. The molecule has 0 aromatic rings. The SMILES string of the molecule is COCCOCCCCNCC(O)COC(C)COC. The molecule has 0 aliphatic rings. The third-order valence-electron chi connectivity index (χ3n) is 2.68. The first-order valence-electron chi connectivity index (χ1n) is 7.26. The van der Waals surface area contributed by atoms with Crippen molar-refractivity contribution in [3.05, 3.63) is 0 Å². The number of hydrogen-bond donors (Lipinski definition) is 2. The summed E-state index contributed by atoms with van der Waals surface area (Å²) in [6.07, 6.45) is 1.57. The second-order valence-electron chi connectivity index (χ2n) is 4.77. The maximum atomic E-state index is 9.70. The van der Waals surface area contributed by atoms with Crippen molar-refractivity contribution >= 4 is 0 Å². The standard InChI is InChI=1S/C14H31NO5/c1-13(11-18-3)20-12-14(16)10-15-6-4-5-7-19-9-8-17-2/h13-16H,4-12H2,1-3H3. The molecule has 6 nitrogen and oxygen atoms in total. The number of unbranched alkanes of at least 4 members (excludes halogenated alkanes) is 1. The van der Waals surface area contributed by atoms with Crippen molar-refractivity contribution in [3.8, 4) is 0 Å². The van der Waals surface area contributed by atoms with Crippen LogP contribution in [0.1, 0.15) is 19.8 Å². The molecule has 2 atom stereocenters. The summed E-state index contributed by atoms with van der Waals surface area (Å²) in [5, 5.41) is 12.9. The van der Waals surface area contributed by atoms with E-state index in [4.69, 9.17) is 18.9 Å². The lowest BCUT2D eigenvalue weighted by molar-refractivity contribution is -0.0310. The van der Waals surface area contributed by atoms with Gasteiger partial charge in [0, 0.05) is 27.4 Å². The normalized spacial score (nSPS) is 14.4. The number of nitrogens with one attached hydrogen (secondary N) is 1. The molecule has 0 aliphatic heterocycles. The van der Waals surface area contributed by atoms with Gasteiger partial charge < -0.3 is 29.4 Å². The van der Waals surface area contributed by atoms with Crippen LogP contribution in [0.2, 0.25) is 0 Å². The summed E-state index contributed by atoms with van der Waals surface area (Å²) in [5.41, 5.74) is 0. The molecule has 2 N–H and O–H groups in total. The highest BCUT2D eigenvalue weighted by molar-refractivity contribution is 4.60. The predicted molar refractivity (Wildman–Crippen MR) is 78.1 cm³/mol. The number of methoxy groups -OCH3 is 2. The van der Waals surface area contributed by atoms with Gasteiger partial charge in [0.1, 0.15) is 0 Å². The van der Waals surface area contributed by atoms with E-state index in [0.29, 0.717) is 33.0 Å². The zero-order valence-corrected chi connectivity index (χ0v) is 13.1. The van der Waals surface area contributed by atoms with Crippen molar-refractivity contribution in [2.75, 3.05) is 60.3 Å². The lowest BCUT2D eigenvalue weighted by atomic mass is 10.3. The van der Waals surface area contributed by atoms with Gasteiger partial charge in [-0.25, -0.2) is 0 Å². The van der Waals surface area contributed by atoms with Crippen LogP contribution in [0.5, 0.6) is 0 Å². The van der Waals surface area contributed by atoms with Gasteiger partial charge in [-0.2, -0.15) is 0 Å². The van der Waals surface area contributed by atoms with Crippen LogP contribution in [0.3, 0.4) is 0 Å². The maximum absolute atomic E-state index is 9.70. The van der Waals surface area contributed by atoms with Crippen molar-refractivity contribution < 1.29 is 24.1 Å². The quantitative estimate of drug-likeness (QED) is 0.427. The minimum Gasteiger partial charge on any atom is -0.389 e. The highest BCUT2D eigenvalue weighted by atomic mass is 16.5. The molecule has 122 valence electrons. The molecule has 0 heterocycles. The van der Waals surface area contributed by atoms with Crippen LogP contribution in [-0.4, -0.2) is 77.7 Å². The minimum atomic E-state index is -0.479. The minimum absolute atomic E-state index is 0.0129. The van der Waals surface area contributed by atoms with Gasteiger partial charge in [-0.15, -0.1) is 0 Å². The molecular weight excluding hydrogens is 262 g/mol. The van der Waals surface area contributed by atoms with E-state index in [1.165, 1.54) is 0 Å². The highest BCUT2D eigenvalue weighted by Crippen LogP contribution is 1.94. The molecule has 0 rings (SSSR count). The second kappa shape index (κ2) is 15.2. The number of aliphatic hydroxyl groups is 1. The van der Waals surface area contributed by atoms with E-state index in [-0.39, 0.29) is 6.10 Å². The molecule has 0 aromatic carbocycles. The fourth-order valence-corrected chi connectivity index (χ4v) is 1.58. The van der Waals surface area contributed by atoms with Crippen LogP contribution in [0, 0.1) is 0 Å². The number of aliphatic hydroxyl groups excluding tert-OH is 1. The average molecular weight is 293 g/mol. The molecule has 20 heavy (non-hydrogen) atoms. The van der Waals surface area contributed by atoms with Crippen LogP contribution < -0.4 is 5.32 Å². The van der Waals surface area contributed by atoms with Gasteiger partial charge in [0.2, 0.25) is 0 Å². The van der Waals surface area contributed by atoms with E-state index in [1.54, 1.807) is 14.2 Å². The molecule has 0 bridgehead atoms. The van der Waals surface area contributed by atoms with Crippen LogP contribution >= 0.6 is 0 Å². The van der Waals surface area contributed by atoms with Crippen molar-refractivity contribution in [3.63, 3.8) is 0 Å². The molecule has 6 heteroatoms. The summed E-state index contributed by atoms with van der Waals surface area (Å²) in [6, 6.07) is 0. The summed E-state index contributed by atoms with van der Waals surface area (Å²) in [4.78, 5) is 0. The Bertz CT molecular complexity index is 194. The molecule has 0 spiro atoms. The summed E-state index contributed by atoms with van der Waals surface area (Å²) < 4.78 is 20.6. The zero-order chi connectivity index (χ0) is 15.1. The molecule has 0 saturated carbocycles. The first-order chi connectivity index (χ1) is 9.70. The Morgan fingerprint density at radius 3 is 2.50 bits per heavy atom. The van der Waals surface area contributed by atoms with E-state index in [9.17, 15) is 5.11 Å². The van der Waals surface area contributed by atoms with Crippen LogP contribution in [-0.2, 0) is 18.9 Å². The monoisotopic (exact) mass is 293 g/mol. The van der Waals surface area contributed by atoms with E-state index in [1.807, 2.05) is 6.92 Å². The number of ether oxygens (including phenoxy) is 4. The Kier molecular flexibility index (Phi) is 15.0. The van der Waals surface area contributed by atoms with Crippen LogP contribution in [0.4, 0.5) is 0 Å². The summed E-state index contributed by atoms with van der Waals surface area (Å²) in [5.74, 6) is 0. The molecular formula is C14H31NO5. The van der Waals surface area contributed by atoms with E-state index in [2.05, 4.69) is 5.32 Å². The highest BCUT2D eigenvalue weighted by Gasteiger charge is 2.07. The van der Waals surface area contributed by atoms with Crippen molar-refractivity contribution in [1.82, 2.24) is 5.32 Å². The van der Waals surface area contributed by atoms with Gasteiger partial charge in [-0.1, -0.05) is 0 Å². The van der Waals surface area contributed by atoms with Gasteiger partial charge in [0.15, 0.2) is 0 Å². The largest absolute Gasteiger partial charge is 0.389 e. The number of hydrogen-bond acceptors (Lipinski definition) is 6. The first-order valence-corrected chi connectivity index (χ1v) is 7.26. The Morgan fingerprint density at radius 2 is 1.80 bits per heavy atom. The van der Waals surface area contributed by atoms with Crippen molar-refractivity contribution in [1.29, 1.82) is 0 Å². The van der Waals surface area contributed by atoms with E-state index < -0.39 is 6.10 Å². The van der Waals surface area contributed by atoms with Gasteiger partial charge in [-0.05, 0) is 26.3 Å². The maximum Gasteiger partial charge on any atom is 0.0897 e. The van der Waals surface area contributed by atoms with Crippen LogP contribution in [0.15, 0.2) is 0 Å². The summed E-state index contributed by atoms with van der Waals surface area (Å²) in [6.45, 7) is 6.27. The van der Waals surface area contributed by atoms with Gasteiger partial charge >= 0.3 is 0 Å². The Morgan fingerprint density at radius 1 is 1.00 bits per heavy atom. The molecule has 0 saturated heterocycles. The molecule has 0 fully saturated rings. The molecule has 0 radical (unpaired) electrons. The topological polar surface area (TPSA) is 69.2 Å². The number of rotatable bonds is 15.